The number of benzene rings is 1. The van der Waals surface area contributed by atoms with Gasteiger partial charge >= 0.3 is 6.09 Å². The van der Waals surface area contributed by atoms with E-state index in [0.29, 0.717) is 25.7 Å². The summed E-state index contributed by atoms with van der Waals surface area (Å²) in [7, 11) is -4.02. The first-order valence-corrected chi connectivity index (χ1v) is 10.8. The molecule has 0 bridgehead atoms. The van der Waals surface area contributed by atoms with Crippen LogP contribution in [0.5, 0.6) is 0 Å². The van der Waals surface area contributed by atoms with Crippen LogP contribution < -0.4 is 15.4 Å². The molecule has 0 unspecified atom stereocenters. The summed E-state index contributed by atoms with van der Waals surface area (Å²) in [6.07, 6.45) is 1.39. The highest BCUT2D eigenvalue weighted by atomic mass is 32.2. The van der Waals surface area contributed by atoms with Crippen molar-refractivity contribution >= 4 is 28.2 Å². The average Bonchev–Trinajstić information content (AvgIpc) is 2.64. The lowest BCUT2D eigenvalue weighted by atomic mass is 10.1. The molecule has 0 saturated heterocycles. The first kappa shape index (κ1) is 25.3. The Labute approximate surface area is 175 Å². The predicted octanol–water partition coefficient (Wildman–Crippen LogP) is 1.68. The molecule has 11 nitrogen and oxygen atoms in total. The number of carbonyl (C=O) groups is 2. The Morgan fingerprint density at radius 1 is 1.27 bits per heavy atom. The zero-order valence-electron chi connectivity index (χ0n) is 17.2. The molecule has 0 saturated carbocycles. The highest BCUT2D eigenvalue weighted by Crippen LogP contribution is 2.22. The van der Waals surface area contributed by atoms with E-state index in [4.69, 9.17) is 4.74 Å². The summed E-state index contributed by atoms with van der Waals surface area (Å²) in [6.45, 7) is 5.44. The predicted molar refractivity (Wildman–Crippen MR) is 109 cm³/mol. The van der Waals surface area contributed by atoms with Gasteiger partial charge in [-0.2, -0.15) is 0 Å². The minimum absolute atomic E-state index is 0.0711. The fourth-order valence-electron chi connectivity index (χ4n) is 2.50. The first-order chi connectivity index (χ1) is 14.0. The fourth-order valence-corrected chi connectivity index (χ4v) is 3.74. The van der Waals surface area contributed by atoms with Crippen molar-refractivity contribution in [2.45, 2.75) is 56.6 Å². The number of sulfonamides is 1. The lowest BCUT2D eigenvalue weighted by Crippen LogP contribution is -2.42. The number of ether oxygens (including phenoxy) is 1. The number of amides is 2. The second kappa shape index (κ2) is 11.5. The van der Waals surface area contributed by atoms with Crippen molar-refractivity contribution in [3.63, 3.8) is 0 Å². The maximum Gasteiger partial charge on any atom is 0.407 e. The van der Waals surface area contributed by atoms with E-state index in [1.54, 1.807) is 20.8 Å². The summed E-state index contributed by atoms with van der Waals surface area (Å²) < 4.78 is 32.1. The van der Waals surface area contributed by atoms with Gasteiger partial charge in [0.05, 0.1) is 4.92 Å². The number of nitrogens with zero attached hydrogens (tertiary/aromatic N) is 1. The summed E-state index contributed by atoms with van der Waals surface area (Å²) in [4.78, 5) is 32.3. The number of alkyl carbamates (subject to hydrolysis) is 1. The number of unbranched alkanes of at least 4 members (excludes halogenated alkanes) is 1. The summed E-state index contributed by atoms with van der Waals surface area (Å²) in [6, 6.07) is 4.76. The number of nitrogens with one attached hydrogen (secondary N) is 3. The van der Waals surface area contributed by atoms with E-state index in [0.717, 1.165) is 6.07 Å². The molecule has 0 heterocycles. The Kier molecular flexibility index (Phi) is 9.66. The summed E-state index contributed by atoms with van der Waals surface area (Å²) in [5.74, 6) is 0. The van der Waals surface area contributed by atoms with Gasteiger partial charge in [0, 0.05) is 25.2 Å². The number of para-hydroxylation sites is 1. The standard InChI is InChI=1S/C18H28N4O7S/c1-18(2,3)29-17(24)19-12-14(20-13-23)8-6-7-11-21-30(27,28)16-10-5-4-9-15(16)22(25)26/h4-5,9-10,13-14,21H,6-8,11-12H2,1-3H3,(H,19,24)(H,20,23)/t14-/m0/s1. The van der Waals surface area contributed by atoms with Gasteiger partial charge in [0.15, 0.2) is 4.90 Å². The van der Waals surface area contributed by atoms with E-state index in [2.05, 4.69) is 15.4 Å². The van der Waals surface area contributed by atoms with Gasteiger partial charge in [0.1, 0.15) is 5.60 Å². The zero-order valence-corrected chi connectivity index (χ0v) is 18.0. The second-order valence-corrected chi connectivity index (χ2v) is 9.22. The lowest BCUT2D eigenvalue weighted by molar-refractivity contribution is -0.387. The van der Waals surface area contributed by atoms with Crippen molar-refractivity contribution in [1.29, 1.82) is 0 Å². The van der Waals surface area contributed by atoms with Crippen LogP contribution in [0.15, 0.2) is 29.2 Å². The van der Waals surface area contributed by atoms with Crippen molar-refractivity contribution in [2.24, 2.45) is 0 Å². The summed E-state index contributed by atoms with van der Waals surface area (Å²) in [5, 5.41) is 16.2. The van der Waals surface area contributed by atoms with Gasteiger partial charge < -0.3 is 15.4 Å². The Morgan fingerprint density at radius 3 is 2.53 bits per heavy atom. The molecule has 1 rings (SSSR count). The van der Waals surface area contributed by atoms with E-state index < -0.39 is 37.2 Å². The normalized spacial score (nSPS) is 12.6. The third kappa shape index (κ3) is 9.18. The molecule has 1 aromatic carbocycles. The van der Waals surface area contributed by atoms with Crippen LogP contribution in [0.4, 0.5) is 10.5 Å². The van der Waals surface area contributed by atoms with Crippen LogP contribution in [-0.4, -0.2) is 50.6 Å². The van der Waals surface area contributed by atoms with Crippen molar-refractivity contribution in [3.05, 3.63) is 34.4 Å². The zero-order chi connectivity index (χ0) is 22.8. The first-order valence-electron chi connectivity index (χ1n) is 9.36. The third-order valence-electron chi connectivity index (χ3n) is 3.82. The molecule has 0 aliphatic carbocycles. The number of hydrogen-bond donors (Lipinski definition) is 3. The SMILES string of the molecule is CC(C)(C)OC(=O)NC[C@H](CCCCNS(=O)(=O)c1ccccc1[N+](=O)[O-])NC=O. The van der Waals surface area contributed by atoms with Crippen molar-refractivity contribution in [2.75, 3.05) is 13.1 Å². The van der Waals surface area contributed by atoms with Gasteiger partial charge in [-0.05, 0) is 39.7 Å². The molecule has 1 atom stereocenters. The summed E-state index contributed by atoms with van der Waals surface area (Å²) >= 11 is 0. The van der Waals surface area contributed by atoms with E-state index in [1.807, 2.05) is 0 Å². The molecule has 2 amide bonds. The van der Waals surface area contributed by atoms with Gasteiger partial charge in [-0.25, -0.2) is 17.9 Å². The van der Waals surface area contributed by atoms with Crippen LogP contribution in [0.1, 0.15) is 40.0 Å². The summed E-state index contributed by atoms with van der Waals surface area (Å²) in [5.41, 5.74) is -1.13. The van der Waals surface area contributed by atoms with Gasteiger partial charge in [-0.15, -0.1) is 0 Å². The van der Waals surface area contributed by atoms with Crippen molar-refractivity contribution < 1.29 is 27.7 Å². The van der Waals surface area contributed by atoms with Gasteiger partial charge in [-0.1, -0.05) is 18.6 Å². The quantitative estimate of drug-likeness (QED) is 0.192. The van der Waals surface area contributed by atoms with Crippen LogP contribution in [0, 0.1) is 10.1 Å². The minimum Gasteiger partial charge on any atom is -0.444 e. The number of hydrogen-bond acceptors (Lipinski definition) is 7. The molecular formula is C18H28N4O7S. The second-order valence-electron chi connectivity index (χ2n) is 7.48. The molecule has 0 aromatic heterocycles. The Balaban J connectivity index is 2.47. The molecule has 0 aliphatic heterocycles. The molecule has 0 spiro atoms. The number of rotatable bonds is 12. The van der Waals surface area contributed by atoms with Gasteiger partial charge in [0.25, 0.3) is 5.69 Å². The van der Waals surface area contributed by atoms with Crippen LogP contribution in [0.3, 0.4) is 0 Å². The van der Waals surface area contributed by atoms with E-state index in [1.165, 1.54) is 18.2 Å². The largest absolute Gasteiger partial charge is 0.444 e. The van der Waals surface area contributed by atoms with Crippen LogP contribution in [0.2, 0.25) is 0 Å². The topological polar surface area (TPSA) is 157 Å². The molecule has 0 radical (unpaired) electrons. The smallest absolute Gasteiger partial charge is 0.407 e. The van der Waals surface area contributed by atoms with Crippen LogP contribution >= 0.6 is 0 Å². The highest BCUT2D eigenvalue weighted by molar-refractivity contribution is 7.89. The number of nitro benzene ring substituents is 1. The van der Waals surface area contributed by atoms with Crippen LogP contribution in [-0.2, 0) is 19.6 Å². The van der Waals surface area contributed by atoms with Crippen molar-refractivity contribution in [1.82, 2.24) is 15.4 Å². The fraction of sp³-hybridized carbons (Fsp3) is 0.556. The number of carbonyl (C=O) groups excluding carboxylic acids is 2. The Hall–Kier alpha value is -2.73. The maximum atomic E-state index is 12.3. The molecule has 12 heteroatoms. The minimum atomic E-state index is -4.02. The molecular weight excluding hydrogens is 416 g/mol. The Bertz CT molecular complexity index is 837. The third-order valence-corrected chi connectivity index (χ3v) is 5.33. The van der Waals surface area contributed by atoms with E-state index >= 15 is 0 Å². The molecule has 30 heavy (non-hydrogen) atoms. The van der Waals surface area contributed by atoms with Crippen molar-refractivity contribution in [3.8, 4) is 0 Å². The highest BCUT2D eigenvalue weighted by Gasteiger charge is 2.24. The molecule has 3 N–H and O–H groups in total. The molecule has 0 fully saturated rings. The van der Waals surface area contributed by atoms with Gasteiger partial charge in [-0.3, -0.25) is 14.9 Å². The molecule has 1 aromatic rings. The Morgan fingerprint density at radius 2 is 1.93 bits per heavy atom. The van der Waals surface area contributed by atoms with E-state index in [-0.39, 0.29) is 19.1 Å². The molecule has 0 aliphatic rings. The van der Waals surface area contributed by atoms with E-state index in [9.17, 15) is 28.1 Å². The monoisotopic (exact) mass is 444 g/mol. The van der Waals surface area contributed by atoms with Gasteiger partial charge in [0.2, 0.25) is 16.4 Å². The maximum absolute atomic E-state index is 12.3. The van der Waals surface area contributed by atoms with Crippen LogP contribution in [0.25, 0.3) is 0 Å². The molecule has 168 valence electrons. The number of nitro groups is 1. The lowest BCUT2D eigenvalue weighted by Gasteiger charge is -2.21. The average molecular weight is 445 g/mol.